The predicted molar refractivity (Wildman–Crippen MR) is 94.2 cm³/mol. The molecule has 8 heteroatoms. The van der Waals surface area contributed by atoms with Gasteiger partial charge in [0.15, 0.2) is 0 Å². The summed E-state index contributed by atoms with van der Waals surface area (Å²) in [4.78, 5) is 31.9. The van der Waals surface area contributed by atoms with Crippen molar-refractivity contribution in [3.8, 4) is 0 Å². The molecule has 1 saturated carbocycles. The second-order valence-electron chi connectivity index (χ2n) is 6.21. The van der Waals surface area contributed by atoms with Crippen molar-refractivity contribution in [3.63, 3.8) is 0 Å². The van der Waals surface area contributed by atoms with E-state index in [9.17, 15) is 14.4 Å². The van der Waals surface area contributed by atoms with E-state index < -0.39 is 24.8 Å². The van der Waals surface area contributed by atoms with Crippen LogP contribution in [0.25, 0.3) is 0 Å². The molecule has 8 nitrogen and oxygen atoms in total. The molecule has 144 valence electrons. The number of aliphatic carboxylic acids is 1. The maximum Gasteiger partial charge on any atom is 0.407 e. The summed E-state index contributed by atoms with van der Waals surface area (Å²) in [5.41, 5.74) is 10.6. The van der Waals surface area contributed by atoms with Gasteiger partial charge in [0.2, 0.25) is 6.79 Å². The summed E-state index contributed by atoms with van der Waals surface area (Å²) in [5.74, 6) is -1.27. The molecule has 1 aromatic carbocycles. The van der Waals surface area contributed by atoms with Crippen LogP contribution in [0.1, 0.15) is 48.9 Å². The Morgan fingerprint density at radius 1 is 1.04 bits per heavy atom. The normalized spacial score (nSPS) is 15.1. The van der Waals surface area contributed by atoms with Gasteiger partial charge in [-0.25, -0.2) is 9.59 Å². The Morgan fingerprint density at radius 3 is 2.15 bits per heavy atom. The van der Waals surface area contributed by atoms with Gasteiger partial charge in [-0.05, 0) is 36.9 Å². The minimum absolute atomic E-state index is 0.0793. The lowest BCUT2D eigenvalue weighted by atomic mass is 9.72. The van der Waals surface area contributed by atoms with Crippen LogP contribution in [0.2, 0.25) is 0 Å². The lowest BCUT2D eigenvalue weighted by Gasteiger charge is -2.34. The molecular weight excluding hydrogens is 340 g/mol. The zero-order valence-corrected chi connectivity index (χ0v) is 14.7. The number of hydrogen-bond donors (Lipinski definition) is 3. The zero-order valence-electron chi connectivity index (χ0n) is 14.7. The molecule has 0 saturated heterocycles. The summed E-state index contributed by atoms with van der Waals surface area (Å²) in [7, 11) is 0. The Bertz CT molecular complexity index is 585. The first-order valence-corrected chi connectivity index (χ1v) is 8.45. The molecule has 0 heterocycles. The van der Waals surface area contributed by atoms with Gasteiger partial charge in [-0.3, -0.25) is 4.79 Å². The van der Waals surface area contributed by atoms with Crippen LogP contribution in [0.5, 0.6) is 0 Å². The van der Waals surface area contributed by atoms with Crippen LogP contribution < -0.4 is 11.5 Å². The fourth-order valence-corrected chi connectivity index (χ4v) is 2.87. The molecule has 0 atom stereocenters. The van der Waals surface area contributed by atoms with E-state index in [0.717, 1.165) is 25.7 Å². The topological polar surface area (TPSA) is 142 Å². The van der Waals surface area contributed by atoms with Gasteiger partial charge in [-0.2, -0.15) is 0 Å². The molecule has 0 spiro atoms. The minimum atomic E-state index is -0.981. The third-order valence-corrected chi connectivity index (χ3v) is 4.27. The molecule has 26 heavy (non-hydrogen) atoms. The fourth-order valence-electron chi connectivity index (χ4n) is 2.87. The number of benzene rings is 1. The molecule has 0 aliphatic heterocycles. The minimum Gasteiger partial charge on any atom is -0.481 e. The molecule has 0 bridgehead atoms. The third kappa shape index (κ3) is 7.98. The van der Waals surface area contributed by atoms with E-state index >= 15 is 0 Å². The summed E-state index contributed by atoms with van der Waals surface area (Å²) in [5, 5.41) is 8.71. The van der Waals surface area contributed by atoms with Gasteiger partial charge in [0.1, 0.15) is 0 Å². The maximum absolute atomic E-state index is 11.2. The van der Waals surface area contributed by atoms with Gasteiger partial charge >= 0.3 is 18.0 Å². The number of carbonyl (C=O) groups is 3. The largest absolute Gasteiger partial charge is 0.481 e. The Hall–Kier alpha value is -2.61. The highest BCUT2D eigenvalue weighted by atomic mass is 16.7. The Kier molecular flexibility index (Phi) is 9.14. The van der Waals surface area contributed by atoms with Crippen molar-refractivity contribution < 1.29 is 29.0 Å². The Labute approximate surface area is 152 Å². The summed E-state index contributed by atoms with van der Waals surface area (Å²) < 4.78 is 8.81. The van der Waals surface area contributed by atoms with Crippen LogP contribution in [-0.2, 0) is 14.3 Å². The van der Waals surface area contributed by atoms with Crippen molar-refractivity contribution in [2.45, 2.75) is 38.5 Å². The van der Waals surface area contributed by atoms with E-state index in [-0.39, 0.29) is 11.8 Å². The highest BCUT2D eigenvalue weighted by Gasteiger charge is 2.32. The van der Waals surface area contributed by atoms with Gasteiger partial charge in [-0.1, -0.05) is 37.5 Å². The molecule has 0 aromatic heterocycles. The quantitative estimate of drug-likeness (QED) is 0.518. The molecule has 0 unspecified atom stereocenters. The number of amides is 1. The van der Waals surface area contributed by atoms with E-state index in [4.69, 9.17) is 10.8 Å². The molecule has 1 aliphatic carbocycles. The first kappa shape index (κ1) is 21.4. The number of ether oxygens (including phenoxy) is 2. The summed E-state index contributed by atoms with van der Waals surface area (Å²) in [6.45, 7) is 0.0579. The number of esters is 1. The highest BCUT2D eigenvalue weighted by molar-refractivity contribution is 5.89. The molecule has 0 radical (unpaired) electrons. The molecule has 1 fully saturated rings. The van der Waals surface area contributed by atoms with Gasteiger partial charge in [0.05, 0.1) is 12.0 Å². The van der Waals surface area contributed by atoms with Crippen molar-refractivity contribution >= 4 is 18.0 Å². The number of carboxylic acid groups (broad SMARTS) is 1. The third-order valence-electron chi connectivity index (χ3n) is 4.27. The van der Waals surface area contributed by atoms with E-state index in [0.29, 0.717) is 12.1 Å². The molecule has 1 aromatic rings. The molecule has 1 aliphatic rings. The van der Waals surface area contributed by atoms with Gasteiger partial charge < -0.3 is 26.0 Å². The summed E-state index contributed by atoms with van der Waals surface area (Å²) in [6, 6.07) is 8.35. The predicted octanol–water partition coefficient (Wildman–Crippen LogP) is 2.27. The summed E-state index contributed by atoms with van der Waals surface area (Å²) in [6.07, 6.45) is 4.79. The number of carbonyl (C=O) groups excluding carboxylic acids is 2. The van der Waals surface area contributed by atoms with E-state index in [1.807, 2.05) is 0 Å². The van der Waals surface area contributed by atoms with E-state index in [2.05, 4.69) is 15.2 Å². The first-order chi connectivity index (χ1) is 12.4. The van der Waals surface area contributed by atoms with Crippen molar-refractivity contribution in [1.82, 2.24) is 0 Å². The molecular formula is C18H26N2O6. The molecule has 1 amide bonds. The van der Waals surface area contributed by atoms with Crippen LogP contribution in [0, 0.1) is 5.41 Å². The Morgan fingerprint density at radius 2 is 1.65 bits per heavy atom. The van der Waals surface area contributed by atoms with Crippen LogP contribution in [0.3, 0.4) is 0 Å². The van der Waals surface area contributed by atoms with Gasteiger partial charge in [0.25, 0.3) is 0 Å². The van der Waals surface area contributed by atoms with Crippen molar-refractivity contribution in [2.75, 3.05) is 13.3 Å². The highest BCUT2D eigenvalue weighted by Crippen LogP contribution is 2.38. The number of carboxylic acids is 1. The van der Waals surface area contributed by atoms with Crippen molar-refractivity contribution in [2.24, 2.45) is 16.9 Å². The second-order valence-corrected chi connectivity index (χ2v) is 6.21. The van der Waals surface area contributed by atoms with Gasteiger partial charge in [-0.15, -0.1) is 0 Å². The maximum atomic E-state index is 11.2. The van der Waals surface area contributed by atoms with Gasteiger partial charge in [0, 0.05) is 0 Å². The SMILES string of the molecule is NC(=O)OCOC(=O)c1ccccc1.NCC1(CC(=O)O)CCCCC1. The fraction of sp³-hybridized carbons (Fsp3) is 0.500. The second kappa shape index (κ2) is 11.1. The van der Waals surface area contributed by atoms with Crippen LogP contribution in [0.15, 0.2) is 30.3 Å². The van der Waals surface area contributed by atoms with E-state index in [1.54, 1.807) is 30.3 Å². The number of hydrogen-bond acceptors (Lipinski definition) is 6. The lowest BCUT2D eigenvalue weighted by molar-refractivity contribution is -0.140. The monoisotopic (exact) mass is 366 g/mol. The summed E-state index contributed by atoms with van der Waals surface area (Å²) >= 11 is 0. The first-order valence-electron chi connectivity index (χ1n) is 8.45. The average Bonchev–Trinajstić information content (AvgIpc) is 2.63. The molecule has 2 rings (SSSR count). The van der Waals surface area contributed by atoms with Crippen molar-refractivity contribution in [1.29, 1.82) is 0 Å². The number of rotatable bonds is 6. The lowest BCUT2D eigenvalue weighted by Crippen LogP contribution is -2.34. The zero-order chi connectivity index (χ0) is 19.4. The average molecular weight is 366 g/mol. The van der Waals surface area contributed by atoms with Crippen molar-refractivity contribution in [3.05, 3.63) is 35.9 Å². The van der Waals surface area contributed by atoms with Crippen LogP contribution >= 0.6 is 0 Å². The smallest absolute Gasteiger partial charge is 0.407 e. The van der Waals surface area contributed by atoms with E-state index in [1.165, 1.54) is 6.42 Å². The Balaban J connectivity index is 0.000000263. The van der Waals surface area contributed by atoms with Crippen LogP contribution in [0.4, 0.5) is 4.79 Å². The van der Waals surface area contributed by atoms with Crippen LogP contribution in [-0.4, -0.2) is 36.5 Å². The standard InChI is InChI=1S/C9H9NO4.C9H17NO2/c10-9(12)14-6-13-8(11)7-4-2-1-3-5-7;10-7-9(6-8(11)12)4-2-1-3-5-9/h1-5H,6H2,(H2,10,12);1-7,10H2,(H,11,12). The number of nitrogens with two attached hydrogens (primary N) is 2. The molecule has 5 N–H and O–H groups in total. The number of primary amides is 1.